The van der Waals surface area contributed by atoms with Crippen molar-refractivity contribution in [3.05, 3.63) is 33.4 Å². The summed E-state index contributed by atoms with van der Waals surface area (Å²) >= 11 is 0. The lowest BCUT2D eigenvalue weighted by Gasteiger charge is -2.26. The smallest absolute Gasteiger partial charge is 0.0184 e. The summed E-state index contributed by atoms with van der Waals surface area (Å²) in [4.78, 5) is 0. The Balaban J connectivity index is 3.62. The SMILES string of the molecule is NCCCc1c(CN)c(CN)c(CCCN)c(CCCN)c1CCCN. The Morgan fingerprint density at radius 2 is 0.577 bits per heavy atom. The van der Waals surface area contributed by atoms with Gasteiger partial charge in [-0.2, -0.15) is 0 Å². The third kappa shape index (κ3) is 6.01. The molecule has 0 atom stereocenters. The first-order chi connectivity index (χ1) is 12.7. The molecule has 26 heavy (non-hydrogen) atoms. The van der Waals surface area contributed by atoms with E-state index >= 15 is 0 Å². The molecule has 0 bridgehead atoms. The second kappa shape index (κ2) is 13.2. The van der Waals surface area contributed by atoms with Gasteiger partial charge in [-0.15, -0.1) is 0 Å². The van der Waals surface area contributed by atoms with Gasteiger partial charge in [-0.05, 0) is 111 Å². The van der Waals surface area contributed by atoms with Crippen LogP contribution in [0.1, 0.15) is 59.1 Å². The Morgan fingerprint density at radius 1 is 0.346 bits per heavy atom. The molecule has 6 nitrogen and oxygen atoms in total. The van der Waals surface area contributed by atoms with Gasteiger partial charge in [-0.25, -0.2) is 0 Å². The predicted molar refractivity (Wildman–Crippen MR) is 112 cm³/mol. The molecule has 0 aliphatic rings. The van der Waals surface area contributed by atoms with E-state index in [1.807, 2.05) is 0 Å². The predicted octanol–water partition coefficient (Wildman–Crippen LogP) is 0.169. The number of hydrogen-bond donors (Lipinski definition) is 6. The van der Waals surface area contributed by atoms with Gasteiger partial charge < -0.3 is 34.4 Å². The fraction of sp³-hybridized carbons (Fsp3) is 0.700. The Morgan fingerprint density at radius 3 is 0.769 bits per heavy atom. The van der Waals surface area contributed by atoms with Crippen molar-refractivity contribution in [1.29, 1.82) is 0 Å². The molecule has 1 aromatic carbocycles. The van der Waals surface area contributed by atoms with Crippen molar-refractivity contribution in [3.63, 3.8) is 0 Å². The van der Waals surface area contributed by atoms with Gasteiger partial charge in [-0.1, -0.05) is 0 Å². The summed E-state index contributed by atoms with van der Waals surface area (Å²) in [5, 5.41) is 0. The lowest BCUT2D eigenvalue weighted by molar-refractivity contribution is 0.728. The summed E-state index contributed by atoms with van der Waals surface area (Å²) < 4.78 is 0. The second-order valence-electron chi connectivity index (χ2n) is 6.85. The fourth-order valence-electron chi connectivity index (χ4n) is 3.91. The molecule has 0 saturated heterocycles. The molecule has 0 fully saturated rings. The van der Waals surface area contributed by atoms with Gasteiger partial charge in [-0.3, -0.25) is 0 Å². The van der Waals surface area contributed by atoms with E-state index in [0.29, 0.717) is 39.3 Å². The first-order valence-corrected chi connectivity index (χ1v) is 10.1. The molecule has 0 radical (unpaired) electrons. The maximum absolute atomic E-state index is 6.19. The van der Waals surface area contributed by atoms with Crippen LogP contribution in [0.15, 0.2) is 0 Å². The van der Waals surface area contributed by atoms with Gasteiger partial charge >= 0.3 is 0 Å². The maximum Gasteiger partial charge on any atom is 0.0184 e. The minimum atomic E-state index is 0.509. The first-order valence-electron chi connectivity index (χ1n) is 10.1. The standard InChI is InChI=1S/C20H40N6/c21-9-1-5-15-16(6-2-10-22)18(8-4-12-24)20(14-26)19(13-25)17(15)7-3-11-23/h1-14,21-26H2. The van der Waals surface area contributed by atoms with Crippen LogP contribution < -0.4 is 34.4 Å². The third-order valence-electron chi connectivity index (χ3n) is 5.12. The molecule has 0 amide bonds. The van der Waals surface area contributed by atoms with Crippen LogP contribution in [0.3, 0.4) is 0 Å². The van der Waals surface area contributed by atoms with E-state index in [-0.39, 0.29) is 0 Å². The van der Waals surface area contributed by atoms with Crippen molar-refractivity contribution in [2.75, 3.05) is 26.2 Å². The minimum absolute atomic E-state index is 0.509. The lowest BCUT2D eigenvalue weighted by atomic mass is 9.80. The quantitative estimate of drug-likeness (QED) is 0.276. The van der Waals surface area contributed by atoms with Gasteiger partial charge in [0.1, 0.15) is 0 Å². The number of nitrogens with two attached hydrogens (primary N) is 6. The molecule has 0 unspecified atom stereocenters. The molecule has 0 aliphatic carbocycles. The van der Waals surface area contributed by atoms with Crippen LogP contribution in [-0.4, -0.2) is 26.2 Å². The maximum atomic E-state index is 6.19. The third-order valence-corrected chi connectivity index (χ3v) is 5.12. The normalized spacial score (nSPS) is 11.3. The van der Waals surface area contributed by atoms with E-state index in [9.17, 15) is 0 Å². The molecule has 1 aromatic rings. The Bertz CT molecular complexity index is 483. The highest BCUT2D eigenvalue weighted by molar-refractivity contribution is 5.53. The zero-order valence-corrected chi connectivity index (χ0v) is 16.4. The van der Waals surface area contributed by atoms with Crippen molar-refractivity contribution < 1.29 is 0 Å². The van der Waals surface area contributed by atoms with E-state index in [1.165, 1.54) is 33.4 Å². The zero-order valence-electron chi connectivity index (χ0n) is 16.4. The van der Waals surface area contributed by atoms with Crippen molar-refractivity contribution in [3.8, 4) is 0 Å². The highest BCUT2D eigenvalue weighted by Crippen LogP contribution is 2.32. The van der Waals surface area contributed by atoms with Crippen molar-refractivity contribution in [2.24, 2.45) is 34.4 Å². The van der Waals surface area contributed by atoms with Crippen LogP contribution in [0.25, 0.3) is 0 Å². The van der Waals surface area contributed by atoms with Crippen LogP contribution in [0.2, 0.25) is 0 Å². The number of rotatable bonds is 14. The molecule has 0 spiro atoms. The molecule has 0 aromatic heterocycles. The summed E-state index contributed by atoms with van der Waals surface area (Å²) in [5.41, 5.74) is 43.6. The van der Waals surface area contributed by atoms with E-state index in [2.05, 4.69) is 0 Å². The van der Waals surface area contributed by atoms with Crippen LogP contribution in [0.4, 0.5) is 0 Å². The minimum Gasteiger partial charge on any atom is -0.330 e. The number of benzene rings is 1. The van der Waals surface area contributed by atoms with Crippen LogP contribution in [0, 0.1) is 0 Å². The van der Waals surface area contributed by atoms with Crippen LogP contribution in [-0.2, 0) is 38.8 Å². The number of hydrogen-bond acceptors (Lipinski definition) is 6. The van der Waals surface area contributed by atoms with Gasteiger partial charge in [0.2, 0.25) is 0 Å². The summed E-state index contributed by atoms with van der Waals surface area (Å²) in [6.45, 7) is 3.73. The average molecular weight is 365 g/mol. The van der Waals surface area contributed by atoms with Crippen molar-refractivity contribution in [2.45, 2.75) is 64.5 Å². The largest absolute Gasteiger partial charge is 0.330 e. The molecule has 150 valence electrons. The second-order valence-corrected chi connectivity index (χ2v) is 6.85. The highest BCUT2D eigenvalue weighted by Gasteiger charge is 2.21. The first kappa shape index (κ1) is 23.0. The van der Waals surface area contributed by atoms with Crippen molar-refractivity contribution >= 4 is 0 Å². The molecular weight excluding hydrogens is 324 g/mol. The Labute approximate surface area is 159 Å². The molecule has 0 saturated carbocycles. The van der Waals surface area contributed by atoms with Crippen LogP contribution in [0.5, 0.6) is 0 Å². The van der Waals surface area contributed by atoms with Gasteiger partial charge in [0.05, 0.1) is 0 Å². The lowest BCUT2D eigenvalue weighted by Crippen LogP contribution is -2.20. The monoisotopic (exact) mass is 364 g/mol. The van der Waals surface area contributed by atoms with E-state index in [4.69, 9.17) is 34.4 Å². The summed E-state index contributed by atoms with van der Waals surface area (Å²) in [6, 6.07) is 0. The van der Waals surface area contributed by atoms with E-state index in [0.717, 1.165) is 51.4 Å². The summed E-state index contributed by atoms with van der Waals surface area (Å²) in [5.74, 6) is 0. The van der Waals surface area contributed by atoms with E-state index < -0.39 is 0 Å². The topological polar surface area (TPSA) is 156 Å². The summed E-state index contributed by atoms with van der Waals surface area (Å²) in [7, 11) is 0. The van der Waals surface area contributed by atoms with Gasteiger partial charge in [0.15, 0.2) is 0 Å². The molecule has 12 N–H and O–H groups in total. The van der Waals surface area contributed by atoms with Gasteiger partial charge in [0, 0.05) is 13.1 Å². The Hall–Kier alpha value is -1.02. The highest BCUT2D eigenvalue weighted by atomic mass is 14.6. The van der Waals surface area contributed by atoms with Crippen molar-refractivity contribution in [1.82, 2.24) is 0 Å². The molecular formula is C20H40N6. The average Bonchev–Trinajstić information content (AvgIpc) is 2.67. The molecule has 6 heteroatoms. The van der Waals surface area contributed by atoms with Crippen LogP contribution >= 0.6 is 0 Å². The molecule has 0 aliphatic heterocycles. The molecule has 0 heterocycles. The Kier molecular flexibility index (Phi) is 11.7. The van der Waals surface area contributed by atoms with E-state index in [1.54, 1.807) is 0 Å². The fourth-order valence-corrected chi connectivity index (χ4v) is 3.91. The zero-order chi connectivity index (χ0) is 19.4. The summed E-state index contributed by atoms with van der Waals surface area (Å²) in [6.07, 6.45) is 7.68. The molecule has 1 rings (SSSR count). The van der Waals surface area contributed by atoms with Gasteiger partial charge in [0.25, 0.3) is 0 Å².